The molecular weight excluding hydrogens is 603 g/mol. The highest BCUT2D eigenvalue weighted by molar-refractivity contribution is 7.10. The lowest BCUT2D eigenvalue weighted by Crippen LogP contribution is -2.16. The van der Waals surface area contributed by atoms with Crippen molar-refractivity contribution in [2.75, 3.05) is 13.2 Å². The molecule has 1 heterocycles. The third-order valence-electron chi connectivity index (χ3n) is 7.26. The number of hydrogen-bond donors (Lipinski definition) is 1. The summed E-state index contributed by atoms with van der Waals surface area (Å²) < 4.78 is 20.2. The van der Waals surface area contributed by atoms with E-state index in [9.17, 15) is 19.5 Å². The van der Waals surface area contributed by atoms with Crippen LogP contribution in [-0.2, 0) is 43.1 Å². The summed E-state index contributed by atoms with van der Waals surface area (Å²) in [5.41, 5.74) is 9.50. The zero-order chi connectivity index (χ0) is 34.4. The zero-order valence-corrected chi connectivity index (χ0v) is 29.7. The second-order valence-electron chi connectivity index (χ2n) is 11.4. The lowest BCUT2D eigenvalue weighted by atomic mass is 10.00. The molecule has 0 aliphatic carbocycles. The van der Waals surface area contributed by atoms with Crippen LogP contribution in [0.2, 0.25) is 0 Å². The molecule has 1 aliphatic heterocycles. The summed E-state index contributed by atoms with van der Waals surface area (Å²) in [4.78, 5) is 33.6. The minimum atomic E-state index is -0.221. The zero-order valence-electron chi connectivity index (χ0n) is 29.5. The van der Waals surface area contributed by atoms with Gasteiger partial charge in [0.1, 0.15) is 17.2 Å². The summed E-state index contributed by atoms with van der Waals surface area (Å²) in [5, 5.41) is 9.81. The highest BCUT2D eigenvalue weighted by Crippen LogP contribution is 2.30. The Labute approximate surface area is 277 Å². The normalized spacial score (nSPS) is 11.5. The average Bonchev–Trinajstić information content (AvgIpc) is 2.98. The Hall–Kier alpha value is -3.90. The van der Waals surface area contributed by atoms with E-state index < -0.39 is 0 Å². The molecule has 1 N–H and O–H groups in total. The third-order valence-corrected chi connectivity index (χ3v) is 7.49. The molecule has 1 aliphatic rings. The molecule has 8 nitrogen and oxygen atoms in total. The Kier molecular flexibility index (Phi) is 15.7. The number of esters is 3. The number of hydrogen-bond acceptors (Lipinski definition) is 8. The van der Waals surface area contributed by atoms with Crippen molar-refractivity contribution in [1.29, 1.82) is 0 Å². The number of benzene rings is 3. The molecule has 0 fully saturated rings. The minimum Gasteiger partial charge on any atom is -0.507 e. The van der Waals surface area contributed by atoms with E-state index in [2.05, 4.69) is 28.5 Å². The molecule has 4 rings (SSSR count). The molecule has 1 unspecified atom stereocenters. The largest absolute Gasteiger partial charge is 1.00 e. The van der Waals surface area contributed by atoms with Gasteiger partial charge in [0.05, 0.1) is 29.1 Å². The van der Waals surface area contributed by atoms with Crippen LogP contribution in [0.25, 0.3) is 0 Å². The van der Waals surface area contributed by atoms with E-state index in [0.29, 0.717) is 45.3 Å². The maximum absolute atomic E-state index is 11.3. The van der Waals surface area contributed by atoms with Crippen LogP contribution in [0.3, 0.4) is 0 Å². The van der Waals surface area contributed by atoms with Crippen LogP contribution in [-0.4, -0.2) is 36.2 Å². The monoisotopic (exact) mass is 653 g/mol. The van der Waals surface area contributed by atoms with Crippen molar-refractivity contribution in [3.05, 3.63) is 86.5 Å². The summed E-state index contributed by atoms with van der Waals surface area (Å²) in [7, 11) is 2.26. The predicted octanol–water partition coefficient (Wildman–Crippen LogP) is 7.74. The van der Waals surface area contributed by atoms with E-state index >= 15 is 0 Å². The SMILES string of the molecule is CCOC(=O)CCc1cc(C)cc(C)c1O.CCOC(=O)CCc1cc(C)cc(C)c1OP.Cc1cc(C)c2c(c1)CCC(=O)O2.[H+]. The molecule has 3 aromatic carbocycles. The van der Waals surface area contributed by atoms with Gasteiger partial charge in [0.2, 0.25) is 0 Å². The Morgan fingerprint density at radius 3 is 1.83 bits per heavy atom. The van der Waals surface area contributed by atoms with E-state index in [-0.39, 0.29) is 25.1 Å². The van der Waals surface area contributed by atoms with Crippen molar-refractivity contribution in [2.24, 2.45) is 0 Å². The highest BCUT2D eigenvalue weighted by atomic mass is 31.0. The van der Waals surface area contributed by atoms with Gasteiger partial charge in [0, 0.05) is 12.8 Å². The molecule has 0 bridgehead atoms. The fourth-order valence-electron chi connectivity index (χ4n) is 5.35. The maximum Gasteiger partial charge on any atom is 1.00 e. The molecule has 3 aromatic rings. The van der Waals surface area contributed by atoms with Crippen LogP contribution < -0.4 is 9.26 Å². The summed E-state index contributed by atoms with van der Waals surface area (Å²) in [6, 6.07) is 12.1. The first-order chi connectivity index (χ1) is 21.8. The van der Waals surface area contributed by atoms with Crippen molar-refractivity contribution >= 4 is 27.4 Å². The quantitative estimate of drug-likeness (QED) is 0.142. The molecule has 0 aromatic heterocycles. The minimum absolute atomic E-state index is 0. The van der Waals surface area contributed by atoms with Crippen LogP contribution in [0, 0.1) is 41.5 Å². The Morgan fingerprint density at radius 1 is 0.761 bits per heavy atom. The van der Waals surface area contributed by atoms with Gasteiger partial charge in [-0.05, 0) is 108 Å². The molecule has 0 radical (unpaired) electrons. The van der Waals surface area contributed by atoms with Gasteiger partial charge >= 0.3 is 19.3 Å². The fraction of sp³-hybridized carbons (Fsp3) is 0.432. The number of phenolic OH excluding ortho intramolecular Hbond substituents is 1. The van der Waals surface area contributed by atoms with Crippen molar-refractivity contribution in [3.8, 4) is 17.2 Å². The molecule has 0 amide bonds. The molecule has 0 spiro atoms. The first-order valence-electron chi connectivity index (χ1n) is 15.7. The van der Waals surface area contributed by atoms with Gasteiger partial charge in [-0.3, -0.25) is 14.4 Å². The van der Waals surface area contributed by atoms with Crippen molar-refractivity contribution < 1.29 is 39.7 Å². The van der Waals surface area contributed by atoms with E-state index in [1.807, 2.05) is 65.8 Å². The van der Waals surface area contributed by atoms with Gasteiger partial charge in [0.15, 0.2) is 0 Å². The first kappa shape index (κ1) is 38.3. The summed E-state index contributed by atoms with van der Waals surface area (Å²) >= 11 is 0. The summed E-state index contributed by atoms with van der Waals surface area (Å²) in [6.07, 6.45) is 3.19. The van der Waals surface area contributed by atoms with E-state index in [1.165, 1.54) is 11.1 Å². The van der Waals surface area contributed by atoms with Crippen LogP contribution in [0.15, 0.2) is 36.4 Å². The number of aromatic hydroxyl groups is 1. The van der Waals surface area contributed by atoms with Crippen molar-refractivity contribution in [3.63, 3.8) is 0 Å². The van der Waals surface area contributed by atoms with Gasteiger partial charge in [-0.2, -0.15) is 0 Å². The topological polar surface area (TPSA) is 108 Å². The number of aryl methyl sites for hydroxylation is 9. The van der Waals surface area contributed by atoms with E-state index in [4.69, 9.17) is 18.7 Å². The highest BCUT2D eigenvalue weighted by Gasteiger charge is 2.19. The number of rotatable bonds is 9. The van der Waals surface area contributed by atoms with Crippen molar-refractivity contribution in [2.45, 2.75) is 93.9 Å². The number of carbonyl (C=O) groups is 3. The Balaban J connectivity index is 0.000000351. The van der Waals surface area contributed by atoms with Gasteiger partial charge in [0.25, 0.3) is 0 Å². The summed E-state index contributed by atoms with van der Waals surface area (Å²) in [6.45, 7) is 16.3. The number of phenols is 1. The average molecular weight is 654 g/mol. The van der Waals surface area contributed by atoms with Crippen LogP contribution in [0.1, 0.15) is 84.6 Å². The molecule has 250 valence electrons. The van der Waals surface area contributed by atoms with Gasteiger partial charge in [-0.15, -0.1) is 0 Å². The van der Waals surface area contributed by atoms with Gasteiger partial charge < -0.3 is 23.8 Å². The second kappa shape index (κ2) is 18.9. The maximum atomic E-state index is 11.3. The van der Waals surface area contributed by atoms with Gasteiger partial charge in [-0.25, -0.2) is 0 Å². The Bertz CT molecular complexity index is 1520. The molecule has 0 saturated heterocycles. The molecule has 1 atom stereocenters. The third kappa shape index (κ3) is 12.1. The molecule has 9 heteroatoms. The number of carbonyl (C=O) groups excluding carboxylic acids is 3. The summed E-state index contributed by atoms with van der Waals surface area (Å²) in [5.74, 6) is 1.41. The number of fused-ring (bicyclic) bond motifs is 1. The Morgan fingerprint density at radius 2 is 1.26 bits per heavy atom. The first-order valence-corrected chi connectivity index (χ1v) is 16.1. The van der Waals surface area contributed by atoms with Crippen molar-refractivity contribution in [1.82, 2.24) is 0 Å². The molecule has 0 saturated carbocycles. The predicted molar refractivity (Wildman–Crippen MR) is 185 cm³/mol. The van der Waals surface area contributed by atoms with Crippen LogP contribution in [0.4, 0.5) is 0 Å². The molecule has 46 heavy (non-hydrogen) atoms. The smallest absolute Gasteiger partial charge is 0.507 e. The van der Waals surface area contributed by atoms with E-state index in [0.717, 1.165) is 56.9 Å². The van der Waals surface area contributed by atoms with Crippen LogP contribution >= 0.6 is 9.47 Å². The fourth-order valence-corrected chi connectivity index (χ4v) is 5.69. The van der Waals surface area contributed by atoms with Crippen LogP contribution in [0.5, 0.6) is 17.2 Å². The lowest BCUT2D eigenvalue weighted by Gasteiger charge is -2.18. The van der Waals surface area contributed by atoms with E-state index in [1.54, 1.807) is 6.92 Å². The second-order valence-corrected chi connectivity index (χ2v) is 11.7. The molecular formula is C37H50O8P+. The lowest BCUT2D eigenvalue weighted by molar-refractivity contribution is -0.144. The van der Waals surface area contributed by atoms with Gasteiger partial charge in [-0.1, -0.05) is 53.1 Å². The number of ether oxygens (including phenoxy) is 3. The standard InChI is InChI=1S/C13H19O3P.C13H18O3.C11H12O2/c1-4-15-12(14)6-5-11-8-9(2)7-10(3)13(11)16-17;1-4-16-12(14)6-5-11-8-9(2)7-10(3)13(11)15;1-7-5-8(2)11-9(6-7)3-4-10(12)13-11/h7-8H,4-6,17H2,1-3H3;7-8,15H,4-6H2,1-3H3;5-6H,3-4H2,1-2H3/p+1.